The summed E-state index contributed by atoms with van der Waals surface area (Å²) in [5.74, 6) is -0.844. The number of hydrogen-bond donors (Lipinski definition) is 3. The number of aryl methyl sites for hydroxylation is 1. The lowest BCUT2D eigenvalue weighted by atomic mass is 9.91. The Hall–Kier alpha value is -2.49. The largest absolute Gasteiger partial charge is 0.388 e. The van der Waals surface area contributed by atoms with Crippen LogP contribution in [0.15, 0.2) is 18.2 Å². The van der Waals surface area contributed by atoms with E-state index in [4.69, 9.17) is 0 Å². The van der Waals surface area contributed by atoms with Crippen LogP contribution in [0.25, 0.3) is 10.9 Å². The molecule has 9 nitrogen and oxygen atoms in total. The summed E-state index contributed by atoms with van der Waals surface area (Å²) < 4.78 is 1.83. The van der Waals surface area contributed by atoms with Crippen molar-refractivity contribution in [2.75, 3.05) is 50.7 Å². The number of rotatable bonds is 4. The standard InChI is InChI=1S/C23H32N6O3/c1-27-19-14-16(2-3-17(19)21(26-27)18-4-5-20(30)25-22(18)31)29-12-10-28(11-13-29)15-23(32)6-8-24-9-7-23/h2-3,14,18,24,32H,4-13,15H2,1H3,(H,25,30,31). The second kappa shape index (κ2) is 8.46. The van der Waals surface area contributed by atoms with Gasteiger partial charge in [-0.05, 0) is 50.6 Å². The van der Waals surface area contributed by atoms with Crippen LogP contribution in [0.4, 0.5) is 5.69 Å². The van der Waals surface area contributed by atoms with Gasteiger partial charge in [0.25, 0.3) is 0 Å². The number of β-amino-alcohol motifs (C(OH)–C–C–N with tert-alkyl or cyclic N) is 1. The normalized spacial score (nSPS) is 24.7. The fourth-order valence-corrected chi connectivity index (χ4v) is 5.31. The third kappa shape index (κ3) is 4.12. The van der Waals surface area contributed by atoms with Crippen molar-refractivity contribution in [3.63, 3.8) is 0 Å². The fraction of sp³-hybridized carbons (Fsp3) is 0.609. The van der Waals surface area contributed by atoms with E-state index in [0.29, 0.717) is 12.8 Å². The molecule has 1 aromatic carbocycles. The van der Waals surface area contributed by atoms with Gasteiger partial charge in [0.2, 0.25) is 11.8 Å². The van der Waals surface area contributed by atoms with Gasteiger partial charge in [0.15, 0.2) is 0 Å². The zero-order chi connectivity index (χ0) is 22.3. The molecule has 3 aliphatic rings. The van der Waals surface area contributed by atoms with E-state index < -0.39 is 5.60 Å². The first-order valence-corrected chi connectivity index (χ1v) is 11.6. The molecule has 0 aliphatic carbocycles. The van der Waals surface area contributed by atoms with Crippen LogP contribution in [0.5, 0.6) is 0 Å². The number of aliphatic hydroxyl groups is 1. The Bertz CT molecular complexity index is 1020. The van der Waals surface area contributed by atoms with Gasteiger partial charge >= 0.3 is 0 Å². The maximum absolute atomic E-state index is 12.4. The second-order valence-electron chi connectivity index (χ2n) is 9.45. The summed E-state index contributed by atoms with van der Waals surface area (Å²) in [7, 11) is 1.90. The molecule has 32 heavy (non-hydrogen) atoms. The minimum absolute atomic E-state index is 0.208. The number of benzene rings is 1. The smallest absolute Gasteiger partial charge is 0.235 e. The minimum atomic E-state index is -0.562. The van der Waals surface area contributed by atoms with Gasteiger partial charge in [-0.3, -0.25) is 24.5 Å². The first-order chi connectivity index (χ1) is 15.4. The van der Waals surface area contributed by atoms with E-state index in [-0.39, 0.29) is 17.7 Å². The van der Waals surface area contributed by atoms with Gasteiger partial charge in [0, 0.05) is 57.3 Å². The molecule has 2 aromatic rings. The summed E-state index contributed by atoms with van der Waals surface area (Å²) in [5.41, 5.74) is 2.33. The zero-order valence-corrected chi connectivity index (χ0v) is 18.6. The molecule has 0 spiro atoms. The summed E-state index contributed by atoms with van der Waals surface area (Å²) in [6, 6.07) is 6.31. The molecule has 2 amide bonds. The highest BCUT2D eigenvalue weighted by Gasteiger charge is 2.33. The van der Waals surface area contributed by atoms with Crippen LogP contribution in [-0.4, -0.2) is 83.0 Å². The van der Waals surface area contributed by atoms with E-state index in [2.05, 4.69) is 43.7 Å². The van der Waals surface area contributed by atoms with Crippen LogP contribution in [0.2, 0.25) is 0 Å². The SMILES string of the molecule is Cn1nc(C2CCC(=O)NC2=O)c2ccc(N3CCN(CC4(O)CCNCC4)CC3)cc21. The first-order valence-electron chi connectivity index (χ1n) is 11.6. The molecule has 4 heterocycles. The van der Waals surface area contributed by atoms with Gasteiger partial charge in [0.1, 0.15) is 0 Å². The highest BCUT2D eigenvalue weighted by molar-refractivity contribution is 6.02. The number of fused-ring (bicyclic) bond motifs is 1. The molecule has 0 bridgehead atoms. The molecule has 1 aromatic heterocycles. The van der Waals surface area contributed by atoms with E-state index in [0.717, 1.165) is 80.9 Å². The van der Waals surface area contributed by atoms with E-state index in [1.165, 1.54) is 0 Å². The van der Waals surface area contributed by atoms with E-state index >= 15 is 0 Å². The van der Waals surface area contributed by atoms with E-state index in [1.54, 1.807) is 0 Å². The summed E-state index contributed by atoms with van der Waals surface area (Å²) in [4.78, 5) is 28.6. The van der Waals surface area contributed by atoms with Crippen LogP contribution in [-0.2, 0) is 16.6 Å². The number of nitrogens with one attached hydrogen (secondary N) is 2. The maximum Gasteiger partial charge on any atom is 0.235 e. The second-order valence-corrected chi connectivity index (χ2v) is 9.45. The Labute approximate surface area is 187 Å². The van der Waals surface area contributed by atoms with Gasteiger partial charge in [-0.1, -0.05) is 0 Å². The molecular formula is C23H32N6O3. The zero-order valence-electron chi connectivity index (χ0n) is 18.6. The number of carbonyl (C=O) groups is 2. The monoisotopic (exact) mass is 440 g/mol. The Kier molecular flexibility index (Phi) is 5.65. The molecule has 0 saturated carbocycles. The van der Waals surface area contributed by atoms with Crippen LogP contribution in [0.3, 0.4) is 0 Å². The number of amides is 2. The molecule has 3 N–H and O–H groups in total. The third-order valence-electron chi connectivity index (χ3n) is 7.22. The molecule has 3 saturated heterocycles. The Morgan fingerprint density at radius 2 is 1.91 bits per heavy atom. The van der Waals surface area contributed by atoms with Crippen molar-refractivity contribution >= 4 is 28.4 Å². The predicted octanol–water partition coefficient (Wildman–Crippen LogP) is 0.330. The van der Waals surface area contributed by atoms with Crippen LogP contribution < -0.4 is 15.5 Å². The number of piperazine rings is 1. The number of hydrogen-bond acceptors (Lipinski definition) is 7. The van der Waals surface area contributed by atoms with Gasteiger partial charge < -0.3 is 15.3 Å². The molecule has 0 radical (unpaired) electrons. The highest BCUT2D eigenvalue weighted by Crippen LogP contribution is 2.32. The lowest BCUT2D eigenvalue weighted by Gasteiger charge is -2.41. The molecule has 1 unspecified atom stereocenters. The average Bonchev–Trinajstić information content (AvgIpc) is 3.10. The fourth-order valence-electron chi connectivity index (χ4n) is 5.31. The molecular weight excluding hydrogens is 408 g/mol. The Morgan fingerprint density at radius 3 is 2.62 bits per heavy atom. The Morgan fingerprint density at radius 1 is 1.16 bits per heavy atom. The van der Waals surface area contributed by atoms with Crippen molar-refractivity contribution in [1.29, 1.82) is 0 Å². The molecule has 172 valence electrons. The maximum atomic E-state index is 12.4. The molecule has 5 rings (SSSR count). The number of piperidine rings is 2. The lowest BCUT2D eigenvalue weighted by Crippen LogP contribution is -2.54. The number of imide groups is 1. The lowest BCUT2D eigenvalue weighted by molar-refractivity contribution is -0.134. The molecule has 3 fully saturated rings. The molecule has 1 atom stereocenters. The van der Waals surface area contributed by atoms with Crippen molar-refractivity contribution in [3.05, 3.63) is 23.9 Å². The average molecular weight is 441 g/mol. The topological polar surface area (TPSA) is 103 Å². The van der Waals surface area contributed by atoms with Crippen LogP contribution in [0, 0.1) is 0 Å². The minimum Gasteiger partial charge on any atom is -0.388 e. The number of anilines is 1. The van der Waals surface area contributed by atoms with Crippen molar-refractivity contribution in [2.24, 2.45) is 7.05 Å². The molecule has 9 heteroatoms. The summed E-state index contributed by atoms with van der Waals surface area (Å²) in [6.07, 6.45) is 2.49. The summed E-state index contributed by atoms with van der Waals surface area (Å²) >= 11 is 0. The summed E-state index contributed by atoms with van der Waals surface area (Å²) in [6.45, 7) is 6.22. The van der Waals surface area contributed by atoms with Crippen molar-refractivity contribution in [2.45, 2.75) is 37.2 Å². The van der Waals surface area contributed by atoms with Gasteiger partial charge in [-0.25, -0.2) is 0 Å². The highest BCUT2D eigenvalue weighted by atomic mass is 16.3. The van der Waals surface area contributed by atoms with Crippen molar-refractivity contribution in [1.82, 2.24) is 25.3 Å². The van der Waals surface area contributed by atoms with E-state index in [9.17, 15) is 14.7 Å². The van der Waals surface area contributed by atoms with E-state index in [1.807, 2.05) is 11.7 Å². The summed E-state index contributed by atoms with van der Waals surface area (Å²) in [5, 5.41) is 22.2. The quantitative estimate of drug-likeness (QED) is 0.589. The van der Waals surface area contributed by atoms with Crippen LogP contribution in [0.1, 0.15) is 37.3 Å². The van der Waals surface area contributed by atoms with Crippen molar-refractivity contribution in [3.8, 4) is 0 Å². The number of aromatic nitrogens is 2. The number of carbonyl (C=O) groups excluding carboxylic acids is 2. The number of nitrogens with zero attached hydrogens (tertiary/aromatic N) is 4. The van der Waals surface area contributed by atoms with Crippen LogP contribution >= 0.6 is 0 Å². The third-order valence-corrected chi connectivity index (χ3v) is 7.22. The first kappa shape index (κ1) is 21.4. The Balaban J connectivity index is 1.28. The van der Waals surface area contributed by atoms with Gasteiger partial charge in [-0.2, -0.15) is 5.10 Å². The molecule has 3 aliphatic heterocycles. The van der Waals surface area contributed by atoms with Crippen molar-refractivity contribution < 1.29 is 14.7 Å². The van der Waals surface area contributed by atoms with Gasteiger partial charge in [-0.15, -0.1) is 0 Å². The van der Waals surface area contributed by atoms with Gasteiger partial charge in [0.05, 0.1) is 22.7 Å². The predicted molar refractivity (Wildman–Crippen MR) is 122 cm³/mol.